The molecule has 0 N–H and O–H groups in total. The van der Waals surface area contributed by atoms with Crippen molar-refractivity contribution in [3.63, 3.8) is 0 Å². The predicted octanol–water partition coefficient (Wildman–Crippen LogP) is 12.6. The minimum Gasteiger partial charge on any atom is -0.311 e. The average Bonchev–Trinajstić information content (AvgIpc) is 3.38. The molecule has 3 nitrogen and oxygen atoms in total. The lowest BCUT2D eigenvalue weighted by Gasteiger charge is -2.51. The first-order chi connectivity index (χ1) is 22.0. The number of fused-ring (bicyclic) bond motifs is 7. The molecule has 1 aliphatic rings. The summed E-state index contributed by atoms with van der Waals surface area (Å²) in [5.41, 5.74) is 9.50. The van der Waals surface area contributed by atoms with E-state index in [1.807, 2.05) is 18.2 Å². The van der Waals surface area contributed by atoms with Crippen molar-refractivity contribution in [2.24, 2.45) is 0 Å². The summed E-state index contributed by atoms with van der Waals surface area (Å²) in [6.45, 7) is 30.9. The Bertz CT molecular complexity index is 2250. The van der Waals surface area contributed by atoms with Crippen LogP contribution in [0, 0.1) is 13.1 Å². The Morgan fingerprint density at radius 2 is 1.11 bits per heavy atom. The van der Waals surface area contributed by atoms with Crippen LogP contribution in [-0.2, 0) is 4.66 Å². The molecule has 0 saturated carbocycles. The molecule has 0 amide bonds. The van der Waals surface area contributed by atoms with Crippen LogP contribution in [0.15, 0.2) is 115 Å². The Kier molecular flexibility index (Phi) is 6.83. The van der Waals surface area contributed by atoms with Gasteiger partial charge in [0.1, 0.15) is 0 Å². The van der Waals surface area contributed by atoms with E-state index in [1.165, 1.54) is 43.8 Å². The van der Waals surface area contributed by atoms with Gasteiger partial charge in [0.05, 0.1) is 35.0 Å². The van der Waals surface area contributed by atoms with Crippen molar-refractivity contribution in [1.82, 2.24) is 0 Å². The van der Waals surface area contributed by atoms with E-state index in [1.54, 1.807) is 6.07 Å². The van der Waals surface area contributed by atoms with Crippen LogP contribution < -0.4 is 4.90 Å². The number of benzene rings is 6. The van der Waals surface area contributed by atoms with Gasteiger partial charge in [0.25, 0.3) is 0 Å². The molecule has 0 aromatic heterocycles. The Labute approximate surface area is 274 Å². The molecule has 0 saturated heterocycles. The molecule has 0 radical (unpaired) electrons. The molecule has 0 heterocycles. The molecule has 0 aliphatic heterocycles. The van der Waals surface area contributed by atoms with Gasteiger partial charge in [-0.2, -0.15) is 0 Å². The first kappa shape index (κ1) is 29.7. The second-order valence-corrected chi connectivity index (χ2v) is 25.4. The fourth-order valence-electron chi connectivity index (χ4n) is 8.69. The first-order valence-electron chi connectivity index (χ1n) is 15.9. The maximum Gasteiger partial charge on any atom is 0.196 e. The lowest BCUT2D eigenvalue weighted by atomic mass is 9.93. The largest absolute Gasteiger partial charge is 0.311 e. The molecule has 0 fully saturated rings. The van der Waals surface area contributed by atoms with E-state index in [9.17, 15) is 0 Å². The molecule has 0 atom stereocenters. The lowest BCUT2D eigenvalue weighted by molar-refractivity contribution is 0.953. The maximum absolute atomic E-state index is 7.87. The molecule has 6 aromatic carbocycles. The van der Waals surface area contributed by atoms with E-state index in [0.717, 1.165) is 17.1 Å². The number of anilines is 3. The van der Waals surface area contributed by atoms with Crippen LogP contribution >= 0.6 is 0 Å². The molecule has 1 aliphatic carbocycles. The monoisotopic (exact) mass is 627 g/mol. The molecular weight excluding hydrogens is 591 g/mol. The summed E-state index contributed by atoms with van der Waals surface area (Å²) in [6, 6.07) is 41.2. The highest BCUT2D eigenvalue weighted by Gasteiger charge is 2.59. The minimum absolute atomic E-state index is 0.0501. The van der Waals surface area contributed by atoms with Gasteiger partial charge in [-0.15, -0.1) is 0 Å². The normalized spacial score (nSPS) is 13.6. The van der Waals surface area contributed by atoms with Gasteiger partial charge in [-0.1, -0.05) is 130 Å². The molecule has 0 spiro atoms. The van der Waals surface area contributed by atoms with Gasteiger partial charge < -0.3 is 4.90 Å². The quantitative estimate of drug-likeness (QED) is 0.137. The number of hydrogen-bond donors (Lipinski definition) is 0. The molecule has 46 heavy (non-hydrogen) atoms. The van der Waals surface area contributed by atoms with E-state index in [0.29, 0.717) is 11.4 Å². The summed E-state index contributed by atoms with van der Waals surface area (Å²) in [7, 11) is -3.92. The van der Waals surface area contributed by atoms with E-state index < -0.39 is 16.1 Å². The van der Waals surface area contributed by atoms with E-state index in [-0.39, 0.29) is 4.66 Å². The van der Waals surface area contributed by atoms with Crippen LogP contribution in [-0.4, -0.2) is 16.1 Å². The van der Waals surface area contributed by atoms with Gasteiger partial charge in [0, 0.05) is 21.4 Å². The van der Waals surface area contributed by atoms with Crippen molar-refractivity contribution in [2.45, 2.75) is 43.9 Å². The third-order valence-electron chi connectivity index (χ3n) is 9.97. The van der Waals surface area contributed by atoms with Crippen LogP contribution in [0.3, 0.4) is 0 Å². The molecule has 0 unspecified atom stereocenters. The molecule has 0 bridgehead atoms. The summed E-state index contributed by atoms with van der Waals surface area (Å²) in [4.78, 5) is 9.69. The highest BCUT2D eigenvalue weighted by Crippen LogP contribution is 2.62. The fraction of sp³-hybridized carbons (Fsp3) is 0.171. The second-order valence-electron chi connectivity index (χ2n) is 14.4. The van der Waals surface area contributed by atoms with Crippen molar-refractivity contribution in [1.29, 1.82) is 0 Å². The third-order valence-corrected chi connectivity index (χ3v) is 20.1. The lowest BCUT2D eigenvalue weighted by Crippen LogP contribution is -2.63. The van der Waals surface area contributed by atoms with Crippen molar-refractivity contribution >= 4 is 66.1 Å². The van der Waals surface area contributed by atoms with Crippen LogP contribution in [0.4, 0.5) is 28.4 Å². The van der Waals surface area contributed by atoms with E-state index >= 15 is 0 Å². The van der Waals surface area contributed by atoms with Gasteiger partial charge in [0.15, 0.2) is 11.4 Å². The van der Waals surface area contributed by atoms with Crippen LogP contribution in [0.2, 0.25) is 39.3 Å². The Morgan fingerprint density at radius 1 is 0.522 bits per heavy atom. The van der Waals surface area contributed by atoms with Crippen LogP contribution in [0.25, 0.3) is 42.4 Å². The Morgan fingerprint density at radius 3 is 1.76 bits per heavy atom. The fourth-order valence-corrected chi connectivity index (χ4v) is 21.7. The van der Waals surface area contributed by atoms with Crippen molar-refractivity contribution in [3.05, 3.63) is 149 Å². The number of nitrogens with zero attached hydrogens (tertiary/aromatic N) is 3. The molecule has 7 rings (SSSR count). The standard InChI is InChI=1S/C41H37N3Si2/c1-42-36-25-23-30(26-37(36)43-2)44(29-17-10-9-11-18-29)38-27-35-40(33-21-15-14-20-32(33)38)39-31-19-13-12-16-28(31)22-24-34(39)41(35,45(3,4)5)46(6,7)8/h9-27H,3-8H3. The van der Waals surface area contributed by atoms with Gasteiger partial charge in [-0.3, -0.25) is 9.69 Å². The topological polar surface area (TPSA) is 12.0 Å². The number of para-hydroxylation sites is 1. The van der Waals surface area contributed by atoms with Gasteiger partial charge in [-0.25, -0.2) is 0 Å². The highest BCUT2D eigenvalue weighted by molar-refractivity contribution is 6.99. The van der Waals surface area contributed by atoms with E-state index in [2.05, 4.69) is 145 Å². The average molecular weight is 628 g/mol. The Hall–Kier alpha value is -4.95. The minimum atomic E-state index is -1.96. The molecule has 5 heteroatoms. The molecule has 224 valence electrons. The zero-order chi connectivity index (χ0) is 32.4. The second kappa shape index (κ2) is 10.6. The highest BCUT2D eigenvalue weighted by atomic mass is 28.4. The summed E-state index contributed by atoms with van der Waals surface area (Å²) >= 11 is 0. The van der Waals surface area contributed by atoms with Crippen molar-refractivity contribution < 1.29 is 0 Å². The zero-order valence-corrected chi connectivity index (χ0v) is 29.3. The number of rotatable bonds is 5. The summed E-state index contributed by atoms with van der Waals surface area (Å²) < 4.78 is -0.0501. The first-order valence-corrected chi connectivity index (χ1v) is 22.9. The summed E-state index contributed by atoms with van der Waals surface area (Å²) in [6.07, 6.45) is 0. The van der Waals surface area contributed by atoms with Crippen molar-refractivity contribution in [3.8, 4) is 11.1 Å². The molecular formula is C41H37N3Si2. The van der Waals surface area contributed by atoms with Crippen LogP contribution in [0.1, 0.15) is 11.1 Å². The van der Waals surface area contributed by atoms with E-state index in [4.69, 9.17) is 13.1 Å². The Balaban J connectivity index is 1.69. The number of hydrogen-bond acceptors (Lipinski definition) is 1. The smallest absolute Gasteiger partial charge is 0.196 e. The SMILES string of the molecule is [C-]#[N+]c1ccc(N(c2ccccc2)c2cc3c(c4ccccc24)-c2c(ccc4ccccc24)C3([Si](C)(C)C)[Si](C)(C)C)cc1[N+]#[C-]. The third kappa shape index (κ3) is 4.13. The van der Waals surface area contributed by atoms with Crippen molar-refractivity contribution in [2.75, 3.05) is 4.90 Å². The van der Waals surface area contributed by atoms with Gasteiger partial charge in [0.2, 0.25) is 0 Å². The van der Waals surface area contributed by atoms with Gasteiger partial charge in [-0.05, 0) is 62.7 Å². The zero-order valence-electron chi connectivity index (χ0n) is 27.3. The summed E-state index contributed by atoms with van der Waals surface area (Å²) in [5.74, 6) is 0. The van der Waals surface area contributed by atoms with Gasteiger partial charge >= 0.3 is 0 Å². The van der Waals surface area contributed by atoms with Crippen LogP contribution in [0.5, 0.6) is 0 Å². The summed E-state index contributed by atoms with van der Waals surface area (Å²) in [5, 5.41) is 5.04. The predicted molar refractivity (Wildman–Crippen MR) is 202 cm³/mol. The maximum atomic E-state index is 7.87. The molecule has 6 aromatic rings.